The van der Waals surface area contributed by atoms with Crippen LogP contribution in [0.15, 0.2) is 36.7 Å². The summed E-state index contributed by atoms with van der Waals surface area (Å²) in [6, 6.07) is 7.27. The van der Waals surface area contributed by atoms with E-state index in [2.05, 4.69) is 25.6 Å². The molecule has 0 aromatic carbocycles. The fourth-order valence-electron chi connectivity index (χ4n) is 1.87. The highest BCUT2D eigenvalue weighted by molar-refractivity contribution is 5.88. The quantitative estimate of drug-likeness (QED) is 0.806. The second kappa shape index (κ2) is 8.14. The van der Waals surface area contributed by atoms with Gasteiger partial charge in [0.2, 0.25) is 0 Å². The summed E-state index contributed by atoms with van der Waals surface area (Å²) in [6.07, 6.45) is 4.30. The number of carbonyl (C=O) groups is 1. The molecule has 0 unspecified atom stereocenters. The van der Waals surface area contributed by atoms with E-state index in [1.165, 1.54) is 0 Å². The Hall–Kier alpha value is -2.41. The van der Waals surface area contributed by atoms with Gasteiger partial charge in [0.15, 0.2) is 5.82 Å². The van der Waals surface area contributed by atoms with E-state index in [1.54, 1.807) is 12.3 Å². The zero-order valence-electron chi connectivity index (χ0n) is 13.0. The fraction of sp³-hybridized carbons (Fsp3) is 0.400. The van der Waals surface area contributed by atoms with Crippen molar-refractivity contribution in [2.75, 3.05) is 32.5 Å². The van der Waals surface area contributed by atoms with Gasteiger partial charge in [-0.3, -0.25) is 15.0 Å². The Balaban J connectivity index is 1.70. The van der Waals surface area contributed by atoms with Gasteiger partial charge >= 0.3 is 6.03 Å². The summed E-state index contributed by atoms with van der Waals surface area (Å²) in [4.78, 5) is 18.1. The minimum absolute atomic E-state index is 0.256. The number of pyridine rings is 1. The Kier molecular flexibility index (Phi) is 5.91. The van der Waals surface area contributed by atoms with Crippen LogP contribution >= 0.6 is 0 Å². The minimum Gasteiger partial charge on any atom is -0.337 e. The maximum Gasteiger partial charge on any atom is 0.320 e. The molecule has 0 bridgehead atoms. The number of nitrogens with zero attached hydrogens (tertiary/aromatic N) is 4. The third-order valence-corrected chi connectivity index (χ3v) is 3.05. The Morgan fingerprint density at radius 1 is 1.32 bits per heavy atom. The number of rotatable bonds is 7. The van der Waals surface area contributed by atoms with E-state index >= 15 is 0 Å². The monoisotopic (exact) mass is 302 g/mol. The highest BCUT2D eigenvalue weighted by Gasteiger charge is 2.04. The van der Waals surface area contributed by atoms with Crippen LogP contribution in [-0.4, -0.2) is 52.9 Å². The van der Waals surface area contributed by atoms with Gasteiger partial charge in [-0.15, -0.1) is 0 Å². The largest absolute Gasteiger partial charge is 0.337 e. The standard InChI is InChI=1S/C15H22N6O/c1-20(2)11-12-21-10-7-14(19-21)18-15(22)17-9-6-13-5-3-4-8-16-13/h3-5,7-8,10H,6,9,11-12H2,1-2H3,(H2,17,18,19,22). The summed E-state index contributed by atoms with van der Waals surface area (Å²) in [5.41, 5.74) is 0.954. The Labute approximate surface area is 130 Å². The van der Waals surface area contributed by atoms with E-state index in [-0.39, 0.29) is 6.03 Å². The van der Waals surface area contributed by atoms with E-state index in [1.807, 2.05) is 43.2 Å². The summed E-state index contributed by atoms with van der Waals surface area (Å²) in [5.74, 6) is 0.550. The predicted molar refractivity (Wildman–Crippen MR) is 85.7 cm³/mol. The first-order valence-corrected chi connectivity index (χ1v) is 7.26. The molecule has 0 spiro atoms. The molecule has 2 aromatic heterocycles. The molecule has 0 atom stereocenters. The van der Waals surface area contributed by atoms with Gasteiger partial charge in [0, 0.05) is 43.7 Å². The van der Waals surface area contributed by atoms with E-state index < -0.39 is 0 Å². The number of nitrogens with one attached hydrogen (secondary N) is 2. The molecule has 0 fully saturated rings. The van der Waals surface area contributed by atoms with E-state index in [9.17, 15) is 4.79 Å². The number of urea groups is 1. The molecule has 0 aliphatic rings. The lowest BCUT2D eigenvalue weighted by atomic mass is 10.3. The van der Waals surface area contributed by atoms with Crippen molar-refractivity contribution in [3.63, 3.8) is 0 Å². The average molecular weight is 302 g/mol. The lowest BCUT2D eigenvalue weighted by Gasteiger charge is -2.09. The second-order valence-corrected chi connectivity index (χ2v) is 5.22. The number of hydrogen-bond acceptors (Lipinski definition) is 4. The van der Waals surface area contributed by atoms with Crippen molar-refractivity contribution in [1.82, 2.24) is 25.0 Å². The average Bonchev–Trinajstić information content (AvgIpc) is 2.94. The van der Waals surface area contributed by atoms with Crippen LogP contribution in [0.3, 0.4) is 0 Å². The van der Waals surface area contributed by atoms with Crippen molar-refractivity contribution >= 4 is 11.8 Å². The maximum absolute atomic E-state index is 11.8. The number of carbonyl (C=O) groups excluding carboxylic acids is 1. The van der Waals surface area contributed by atoms with E-state index in [0.717, 1.165) is 18.8 Å². The van der Waals surface area contributed by atoms with Gasteiger partial charge in [0.1, 0.15) is 0 Å². The van der Waals surface area contributed by atoms with Gasteiger partial charge in [0.25, 0.3) is 0 Å². The van der Waals surface area contributed by atoms with Crippen molar-refractivity contribution in [3.05, 3.63) is 42.4 Å². The van der Waals surface area contributed by atoms with Gasteiger partial charge < -0.3 is 10.2 Å². The number of aromatic nitrogens is 3. The van der Waals surface area contributed by atoms with Crippen molar-refractivity contribution in [3.8, 4) is 0 Å². The lowest BCUT2D eigenvalue weighted by molar-refractivity contribution is 0.252. The zero-order chi connectivity index (χ0) is 15.8. The molecule has 2 aromatic rings. The first-order chi connectivity index (χ1) is 10.6. The molecule has 0 aliphatic carbocycles. The molecule has 7 heteroatoms. The zero-order valence-corrected chi connectivity index (χ0v) is 13.0. The summed E-state index contributed by atoms with van der Waals surface area (Å²) >= 11 is 0. The van der Waals surface area contributed by atoms with Gasteiger partial charge in [-0.05, 0) is 26.2 Å². The summed E-state index contributed by atoms with van der Waals surface area (Å²) in [5, 5.41) is 9.81. The van der Waals surface area contributed by atoms with Gasteiger partial charge in [-0.1, -0.05) is 6.07 Å². The maximum atomic E-state index is 11.8. The predicted octanol–water partition coefficient (Wildman–Crippen LogP) is 1.20. The fourth-order valence-corrected chi connectivity index (χ4v) is 1.87. The van der Waals surface area contributed by atoms with Crippen LogP contribution in [0.1, 0.15) is 5.69 Å². The lowest BCUT2D eigenvalue weighted by Crippen LogP contribution is -2.30. The van der Waals surface area contributed by atoms with Crippen LogP contribution < -0.4 is 10.6 Å². The molecule has 2 rings (SSSR count). The summed E-state index contributed by atoms with van der Waals surface area (Å²) in [7, 11) is 4.02. The molecule has 7 nitrogen and oxygen atoms in total. The van der Waals surface area contributed by atoms with Gasteiger partial charge in [-0.2, -0.15) is 5.10 Å². The van der Waals surface area contributed by atoms with Crippen molar-refractivity contribution < 1.29 is 4.79 Å². The molecule has 22 heavy (non-hydrogen) atoms. The number of anilines is 1. The first kappa shape index (κ1) is 16.0. The third kappa shape index (κ3) is 5.53. The van der Waals surface area contributed by atoms with Crippen LogP contribution in [0.4, 0.5) is 10.6 Å². The van der Waals surface area contributed by atoms with Gasteiger partial charge in [0.05, 0.1) is 6.54 Å². The van der Waals surface area contributed by atoms with Crippen LogP contribution in [-0.2, 0) is 13.0 Å². The first-order valence-electron chi connectivity index (χ1n) is 7.26. The summed E-state index contributed by atoms with van der Waals surface area (Å²) in [6.45, 7) is 2.22. The number of hydrogen-bond donors (Lipinski definition) is 2. The third-order valence-electron chi connectivity index (χ3n) is 3.05. The normalized spacial score (nSPS) is 10.7. The molecule has 0 saturated carbocycles. The molecule has 118 valence electrons. The van der Waals surface area contributed by atoms with E-state index in [4.69, 9.17) is 0 Å². The molecule has 0 aliphatic heterocycles. The molecule has 2 heterocycles. The molecular formula is C15H22N6O. The second-order valence-electron chi connectivity index (χ2n) is 5.22. The molecule has 2 amide bonds. The number of likely N-dealkylation sites (N-methyl/N-ethyl adjacent to an activating group) is 1. The topological polar surface area (TPSA) is 75.1 Å². The molecule has 0 saturated heterocycles. The van der Waals surface area contributed by atoms with E-state index in [0.29, 0.717) is 18.8 Å². The Morgan fingerprint density at radius 2 is 2.18 bits per heavy atom. The van der Waals surface area contributed by atoms with Gasteiger partial charge in [-0.25, -0.2) is 4.79 Å². The van der Waals surface area contributed by atoms with Crippen molar-refractivity contribution in [2.45, 2.75) is 13.0 Å². The van der Waals surface area contributed by atoms with Crippen LogP contribution in [0.25, 0.3) is 0 Å². The van der Waals surface area contributed by atoms with Crippen molar-refractivity contribution in [2.24, 2.45) is 0 Å². The van der Waals surface area contributed by atoms with Crippen LogP contribution in [0, 0.1) is 0 Å². The van der Waals surface area contributed by atoms with Crippen molar-refractivity contribution in [1.29, 1.82) is 0 Å². The molecule has 0 radical (unpaired) electrons. The minimum atomic E-state index is -0.256. The highest BCUT2D eigenvalue weighted by atomic mass is 16.2. The Morgan fingerprint density at radius 3 is 2.91 bits per heavy atom. The smallest absolute Gasteiger partial charge is 0.320 e. The highest BCUT2D eigenvalue weighted by Crippen LogP contribution is 2.02. The summed E-state index contributed by atoms with van der Waals surface area (Å²) < 4.78 is 1.81. The van der Waals surface area contributed by atoms with Crippen LogP contribution in [0.2, 0.25) is 0 Å². The molecule has 2 N–H and O–H groups in total. The Bertz CT molecular complexity index is 581. The van der Waals surface area contributed by atoms with Crippen LogP contribution in [0.5, 0.6) is 0 Å². The number of amides is 2. The molecular weight excluding hydrogens is 280 g/mol. The SMILES string of the molecule is CN(C)CCn1ccc(NC(=O)NCCc2ccccn2)n1.